The van der Waals surface area contributed by atoms with E-state index in [-0.39, 0.29) is 0 Å². The van der Waals surface area contributed by atoms with Crippen molar-refractivity contribution in [3.8, 4) is 5.75 Å². The molecule has 2 aromatic heterocycles. The summed E-state index contributed by atoms with van der Waals surface area (Å²) in [6, 6.07) is 10.3. The second kappa shape index (κ2) is 6.04. The Morgan fingerprint density at radius 3 is 2.61 bits per heavy atom. The minimum atomic E-state index is 0.934. The maximum absolute atomic E-state index is 5.48. The van der Waals surface area contributed by atoms with E-state index in [1.807, 2.05) is 12.1 Å². The maximum Gasteiger partial charge on any atom is 0.150 e. The molecule has 118 valence electrons. The van der Waals surface area contributed by atoms with Crippen LogP contribution < -0.4 is 14.5 Å². The van der Waals surface area contributed by atoms with Crippen molar-refractivity contribution in [2.24, 2.45) is 0 Å². The second-order valence-electron chi connectivity index (χ2n) is 5.48. The van der Waals surface area contributed by atoms with Gasteiger partial charge in [0.15, 0.2) is 0 Å². The molecule has 0 bridgehead atoms. The van der Waals surface area contributed by atoms with Crippen LogP contribution in [-0.2, 0) is 0 Å². The van der Waals surface area contributed by atoms with Gasteiger partial charge in [-0.25, -0.2) is 9.97 Å². The summed E-state index contributed by atoms with van der Waals surface area (Å²) >= 11 is 1.71. The zero-order chi connectivity index (χ0) is 15.6. The topological polar surface area (TPSA) is 41.5 Å². The molecule has 1 fully saturated rings. The molecule has 0 radical (unpaired) electrons. The highest BCUT2D eigenvalue weighted by Crippen LogP contribution is 2.31. The minimum absolute atomic E-state index is 0.934. The summed E-state index contributed by atoms with van der Waals surface area (Å²) in [7, 11) is 1.73. The van der Waals surface area contributed by atoms with Crippen molar-refractivity contribution >= 4 is 33.1 Å². The van der Waals surface area contributed by atoms with E-state index in [1.54, 1.807) is 24.8 Å². The summed E-state index contributed by atoms with van der Waals surface area (Å²) in [6.07, 6.45) is 1.66. The first-order valence-corrected chi connectivity index (χ1v) is 8.56. The van der Waals surface area contributed by atoms with E-state index in [0.717, 1.165) is 43.3 Å². The number of hydrogen-bond acceptors (Lipinski definition) is 6. The lowest BCUT2D eigenvalue weighted by atomic mass is 10.2. The monoisotopic (exact) mass is 326 g/mol. The number of thiophene rings is 1. The van der Waals surface area contributed by atoms with Crippen LogP contribution in [0.1, 0.15) is 0 Å². The molecule has 1 aromatic carbocycles. The zero-order valence-corrected chi connectivity index (χ0v) is 13.8. The molecule has 23 heavy (non-hydrogen) atoms. The van der Waals surface area contributed by atoms with Crippen molar-refractivity contribution in [1.82, 2.24) is 9.97 Å². The van der Waals surface area contributed by atoms with Gasteiger partial charge >= 0.3 is 0 Å². The number of fused-ring (bicyclic) bond motifs is 1. The van der Waals surface area contributed by atoms with E-state index >= 15 is 0 Å². The molecule has 0 atom stereocenters. The van der Waals surface area contributed by atoms with Crippen molar-refractivity contribution in [1.29, 1.82) is 0 Å². The van der Waals surface area contributed by atoms with Gasteiger partial charge in [0.2, 0.25) is 0 Å². The van der Waals surface area contributed by atoms with E-state index in [1.165, 1.54) is 10.4 Å². The maximum atomic E-state index is 5.48. The van der Waals surface area contributed by atoms with Gasteiger partial charge in [-0.2, -0.15) is 0 Å². The molecule has 3 heterocycles. The molecule has 0 unspecified atom stereocenters. The van der Waals surface area contributed by atoms with E-state index in [0.29, 0.717) is 0 Å². The van der Waals surface area contributed by atoms with Gasteiger partial charge in [-0.1, -0.05) is 12.1 Å². The van der Waals surface area contributed by atoms with Gasteiger partial charge in [0, 0.05) is 26.2 Å². The molecule has 1 aliphatic rings. The molecule has 0 aliphatic carbocycles. The Labute approximate surface area is 139 Å². The quantitative estimate of drug-likeness (QED) is 0.740. The number of anilines is 2. The average molecular weight is 326 g/mol. The van der Waals surface area contributed by atoms with Crippen molar-refractivity contribution in [2.75, 3.05) is 43.1 Å². The minimum Gasteiger partial charge on any atom is -0.495 e. The van der Waals surface area contributed by atoms with Crippen molar-refractivity contribution < 1.29 is 4.74 Å². The molecule has 5 nitrogen and oxygen atoms in total. The molecule has 0 saturated carbocycles. The second-order valence-corrected chi connectivity index (χ2v) is 6.39. The highest BCUT2D eigenvalue weighted by Gasteiger charge is 2.22. The third kappa shape index (κ3) is 2.59. The highest BCUT2D eigenvalue weighted by molar-refractivity contribution is 7.17. The number of para-hydroxylation sites is 2. The van der Waals surface area contributed by atoms with Crippen molar-refractivity contribution in [3.05, 3.63) is 42.0 Å². The zero-order valence-electron chi connectivity index (χ0n) is 13.0. The Balaban J connectivity index is 1.54. The van der Waals surface area contributed by atoms with Gasteiger partial charge in [-0.3, -0.25) is 0 Å². The smallest absolute Gasteiger partial charge is 0.150 e. The van der Waals surface area contributed by atoms with Gasteiger partial charge in [0.1, 0.15) is 17.9 Å². The normalized spacial score (nSPS) is 15.2. The lowest BCUT2D eigenvalue weighted by Crippen LogP contribution is -2.47. The number of nitrogens with zero attached hydrogens (tertiary/aromatic N) is 4. The molecule has 3 aromatic rings. The van der Waals surface area contributed by atoms with Crippen LogP contribution in [0, 0.1) is 0 Å². The molecule has 6 heteroatoms. The SMILES string of the molecule is COc1ccccc1N1CCN(c2ncnc3ccsc23)CC1. The third-order valence-corrected chi connectivity index (χ3v) is 5.13. The predicted molar refractivity (Wildman–Crippen MR) is 94.8 cm³/mol. The first-order valence-electron chi connectivity index (χ1n) is 7.68. The first kappa shape index (κ1) is 14.3. The highest BCUT2D eigenvalue weighted by atomic mass is 32.1. The largest absolute Gasteiger partial charge is 0.495 e. The molecule has 1 saturated heterocycles. The van der Waals surface area contributed by atoms with Crippen molar-refractivity contribution in [3.63, 3.8) is 0 Å². The molecule has 0 N–H and O–H groups in total. The summed E-state index contributed by atoms with van der Waals surface area (Å²) < 4.78 is 6.66. The van der Waals surface area contributed by atoms with E-state index in [4.69, 9.17) is 4.74 Å². The number of aromatic nitrogens is 2. The van der Waals surface area contributed by atoms with Gasteiger partial charge in [0.05, 0.1) is 23.0 Å². The summed E-state index contributed by atoms with van der Waals surface area (Å²) in [4.78, 5) is 13.6. The van der Waals surface area contributed by atoms with Crippen LogP contribution in [0.4, 0.5) is 11.5 Å². The van der Waals surface area contributed by atoms with Crippen LogP contribution in [0.3, 0.4) is 0 Å². The van der Waals surface area contributed by atoms with Crippen LogP contribution >= 0.6 is 11.3 Å². The van der Waals surface area contributed by atoms with Crippen LogP contribution in [0.5, 0.6) is 5.75 Å². The van der Waals surface area contributed by atoms with Crippen molar-refractivity contribution in [2.45, 2.75) is 0 Å². The summed E-state index contributed by atoms with van der Waals surface area (Å²) in [5.74, 6) is 1.99. The Kier molecular flexibility index (Phi) is 3.75. The summed E-state index contributed by atoms with van der Waals surface area (Å²) in [5.41, 5.74) is 2.20. The summed E-state index contributed by atoms with van der Waals surface area (Å²) in [6.45, 7) is 3.80. The molecular weight excluding hydrogens is 308 g/mol. The van der Waals surface area contributed by atoms with E-state index in [2.05, 4.69) is 43.3 Å². The van der Waals surface area contributed by atoms with E-state index in [9.17, 15) is 0 Å². The predicted octanol–water partition coefficient (Wildman–Crippen LogP) is 3.03. The lowest BCUT2D eigenvalue weighted by Gasteiger charge is -2.37. The van der Waals surface area contributed by atoms with Crippen LogP contribution in [0.25, 0.3) is 10.2 Å². The Morgan fingerprint density at radius 1 is 1.00 bits per heavy atom. The number of methoxy groups -OCH3 is 1. The number of hydrogen-bond donors (Lipinski definition) is 0. The number of benzene rings is 1. The average Bonchev–Trinajstić information content (AvgIpc) is 3.10. The molecular formula is C17H18N4OS. The molecule has 0 amide bonds. The van der Waals surface area contributed by atoms with E-state index < -0.39 is 0 Å². The van der Waals surface area contributed by atoms with Gasteiger partial charge in [0.25, 0.3) is 0 Å². The Bertz CT molecular complexity index is 811. The van der Waals surface area contributed by atoms with Crippen LogP contribution in [0.2, 0.25) is 0 Å². The lowest BCUT2D eigenvalue weighted by molar-refractivity contribution is 0.413. The molecule has 1 aliphatic heterocycles. The standard InChI is InChI=1S/C17H18N4OS/c1-22-15-5-3-2-4-14(15)20-7-9-21(10-8-20)17-16-13(6-11-23-16)18-12-19-17/h2-6,11-12H,7-10H2,1H3. The fourth-order valence-electron chi connectivity index (χ4n) is 3.05. The Hall–Kier alpha value is -2.34. The number of piperazine rings is 1. The number of ether oxygens (including phenoxy) is 1. The third-order valence-electron chi connectivity index (χ3n) is 4.23. The fraction of sp³-hybridized carbons (Fsp3) is 0.294. The van der Waals surface area contributed by atoms with Crippen LogP contribution in [-0.4, -0.2) is 43.3 Å². The Morgan fingerprint density at radius 2 is 1.78 bits per heavy atom. The number of rotatable bonds is 3. The van der Waals surface area contributed by atoms with Gasteiger partial charge in [-0.05, 0) is 23.6 Å². The molecule has 4 rings (SSSR count). The van der Waals surface area contributed by atoms with Gasteiger partial charge < -0.3 is 14.5 Å². The first-order chi connectivity index (χ1) is 11.4. The molecule has 0 spiro atoms. The fourth-order valence-corrected chi connectivity index (χ4v) is 3.91. The summed E-state index contributed by atoms with van der Waals surface area (Å²) in [5, 5.41) is 2.08. The van der Waals surface area contributed by atoms with Crippen LogP contribution in [0.15, 0.2) is 42.0 Å². The van der Waals surface area contributed by atoms with Gasteiger partial charge in [-0.15, -0.1) is 11.3 Å².